The molecule has 7 heteroatoms. The Morgan fingerprint density at radius 3 is 2.18 bits per heavy atom. The predicted octanol–water partition coefficient (Wildman–Crippen LogP) is 1.36. The lowest BCUT2D eigenvalue weighted by Crippen LogP contribution is -2.66. The number of epoxide rings is 1. The Bertz CT molecular complexity index is 450. The van der Waals surface area contributed by atoms with Crippen molar-refractivity contribution < 1.29 is 19.4 Å². The first-order chi connectivity index (χ1) is 10.6. The topological polar surface area (TPSA) is 76.6 Å². The molecule has 0 aromatic rings. The molecule has 0 radical (unpaired) electrons. The maximum Gasteiger partial charge on any atom is 0.331 e. The van der Waals surface area contributed by atoms with Crippen LogP contribution in [0, 0.1) is 0 Å². The molecule has 0 aromatic carbocycles. The fourth-order valence-electron chi connectivity index (χ4n) is 2.34. The smallest absolute Gasteiger partial charge is 0.331 e. The molecular formula is C15H23N3O4. The van der Waals surface area contributed by atoms with E-state index in [1.165, 1.54) is 9.80 Å². The molecular weight excluding hydrogens is 286 g/mol. The van der Waals surface area contributed by atoms with Crippen molar-refractivity contribution in [2.45, 2.75) is 31.7 Å². The van der Waals surface area contributed by atoms with Crippen molar-refractivity contribution in [2.24, 2.45) is 0 Å². The highest BCUT2D eigenvalue weighted by molar-refractivity contribution is 5.96. The van der Waals surface area contributed by atoms with Gasteiger partial charge in [0.1, 0.15) is 0 Å². The second-order valence-corrected chi connectivity index (χ2v) is 5.35. The molecule has 2 aliphatic heterocycles. The molecule has 0 aliphatic carbocycles. The monoisotopic (exact) mass is 309 g/mol. The van der Waals surface area contributed by atoms with Gasteiger partial charge in [-0.2, -0.15) is 0 Å². The van der Waals surface area contributed by atoms with Crippen LogP contribution in [0.3, 0.4) is 0 Å². The van der Waals surface area contributed by atoms with Crippen LogP contribution in [0.25, 0.3) is 0 Å². The van der Waals surface area contributed by atoms with E-state index in [-0.39, 0.29) is 12.6 Å². The summed E-state index contributed by atoms with van der Waals surface area (Å²) in [6.45, 7) is 8.85. The highest BCUT2D eigenvalue weighted by atomic mass is 16.6. The van der Waals surface area contributed by atoms with Crippen LogP contribution in [0.2, 0.25) is 0 Å². The standard InChI is InChI=1S/C15H23N3O4/c1-3-5-8-16-13(19)17(9-6-4-2)15(21)18(14(16)20)10-7-12-11-22-12/h3-4,12,14,20H,1-2,5-11H2. The first-order valence-electron chi connectivity index (χ1n) is 7.50. The summed E-state index contributed by atoms with van der Waals surface area (Å²) in [5, 5.41) is 10.4. The number of aliphatic hydroxyl groups excluding tert-OH is 1. The van der Waals surface area contributed by atoms with Crippen LogP contribution in [0.5, 0.6) is 0 Å². The SMILES string of the molecule is C=CCCN1C(=O)N(CCC=C)C(O)N(CCC2CO2)C1=O. The van der Waals surface area contributed by atoms with Crippen molar-refractivity contribution >= 4 is 12.1 Å². The van der Waals surface area contributed by atoms with Crippen LogP contribution in [-0.4, -0.2) is 70.6 Å². The third-order valence-electron chi connectivity index (χ3n) is 3.74. The Morgan fingerprint density at radius 2 is 1.64 bits per heavy atom. The molecule has 0 spiro atoms. The van der Waals surface area contributed by atoms with Crippen LogP contribution in [0.15, 0.2) is 25.3 Å². The number of rotatable bonds is 9. The summed E-state index contributed by atoms with van der Waals surface area (Å²) < 4.78 is 5.13. The van der Waals surface area contributed by atoms with Gasteiger partial charge in [-0.25, -0.2) is 14.5 Å². The molecule has 4 amide bonds. The number of aliphatic hydroxyl groups is 1. The number of ether oxygens (including phenoxy) is 1. The molecule has 0 aromatic heterocycles. The van der Waals surface area contributed by atoms with E-state index in [0.29, 0.717) is 39.0 Å². The van der Waals surface area contributed by atoms with E-state index in [0.717, 1.165) is 4.90 Å². The number of nitrogens with zero attached hydrogens (tertiary/aromatic N) is 3. The number of amides is 4. The Balaban J connectivity index is 2.10. The lowest BCUT2D eigenvalue weighted by Gasteiger charge is -2.44. The fourth-order valence-corrected chi connectivity index (χ4v) is 2.34. The summed E-state index contributed by atoms with van der Waals surface area (Å²) in [5.74, 6) is 0. The zero-order valence-electron chi connectivity index (χ0n) is 12.7. The number of urea groups is 2. The third-order valence-corrected chi connectivity index (χ3v) is 3.74. The van der Waals surface area contributed by atoms with Crippen LogP contribution in [-0.2, 0) is 4.74 Å². The number of hydrogen-bond donors (Lipinski definition) is 1. The van der Waals surface area contributed by atoms with Gasteiger partial charge in [-0.1, -0.05) is 12.2 Å². The van der Waals surface area contributed by atoms with E-state index in [9.17, 15) is 14.7 Å². The molecule has 2 heterocycles. The Labute approximate surface area is 130 Å². The number of hydrogen-bond acceptors (Lipinski definition) is 4. The van der Waals surface area contributed by atoms with Gasteiger partial charge in [0, 0.05) is 19.6 Å². The molecule has 22 heavy (non-hydrogen) atoms. The zero-order chi connectivity index (χ0) is 16.1. The van der Waals surface area contributed by atoms with Gasteiger partial charge in [-0.3, -0.25) is 9.80 Å². The Morgan fingerprint density at radius 1 is 1.09 bits per heavy atom. The van der Waals surface area contributed by atoms with Gasteiger partial charge in [0.05, 0.1) is 12.7 Å². The van der Waals surface area contributed by atoms with Crippen molar-refractivity contribution in [1.29, 1.82) is 0 Å². The van der Waals surface area contributed by atoms with Gasteiger partial charge in [0.15, 0.2) is 0 Å². The predicted molar refractivity (Wildman–Crippen MR) is 80.9 cm³/mol. The van der Waals surface area contributed by atoms with E-state index >= 15 is 0 Å². The molecule has 2 atom stereocenters. The summed E-state index contributed by atoms with van der Waals surface area (Å²) in [6, 6.07) is -0.935. The van der Waals surface area contributed by atoms with E-state index in [1.54, 1.807) is 12.2 Å². The third kappa shape index (κ3) is 3.66. The summed E-state index contributed by atoms with van der Waals surface area (Å²) in [7, 11) is 0. The summed E-state index contributed by atoms with van der Waals surface area (Å²) in [6.07, 6.45) is 3.96. The van der Waals surface area contributed by atoms with Crippen molar-refractivity contribution in [3.8, 4) is 0 Å². The van der Waals surface area contributed by atoms with Crippen LogP contribution >= 0.6 is 0 Å². The van der Waals surface area contributed by atoms with Gasteiger partial charge >= 0.3 is 12.1 Å². The van der Waals surface area contributed by atoms with Crippen molar-refractivity contribution in [1.82, 2.24) is 14.7 Å². The minimum absolute atomic E-state index is 0.154. The van der Waals surface area contributed by atoms with Crippen LogP contribution in [0.4, 0.5) is 9.59 Å². The molecule has 2 rings (SSSR count). The molecule has 0 saturated carbocycles. The van der Waals surface area contributed by atoms with E-state index in [2.05, 4.69) is 13.2 Å². The molecule has 7 nitrogen and oxygen atoms in total. The van der Waals surface area contributed by atoms with Gasteiger partial charge < -0.3 is 9.84 Å². The maximum atomic E-state index is 12.5. The largest absolute Gasteiger partial charge is 0.373 e. The lowest BCUT2D eigenvalue weighted by molar-refractivity contribution is -0.0927. The minimum atomic E-state index is -1.24. The van der Waals surface area contributed by atoms with Gasteiger partial charge in [-0.15, -0.1) is 13.2 Å². The van der Waals surface area contributed by atoms with Crippen molar-refractivity contribution in [3.63, 3.8) is 0 Å². The number of imide groups is 1. The molecule has 2 fully saturated rings. The van der Waals surface area contributed by atoms with E-state index in [4.69, 9.17) is 4.74 Å². The quantitative estimate of drug-likeness (QED) is 0.515. The minimum Gasteiger partial charge on any atom is -0.373 e. The van der Waals surface area contributed by atoms with Gasteiger partial charge in [0.25, 0.3) is 0 Å². The Hall–Kier alpha value is -1.86. The van der Waals surface area contributed by atoms with E-state index in [1.807, 2.05) is 0 Å². The number of carbonyl (C=O) groups is 2. The highest BCUT2D eigenvalue weighted by Gasteiger charge is 2.43. The molecule has 122 valence electrons. The molecule has 2 saturated heterocycles. The van der Waals surface area contributed by atoms with Crippen molar-refractivity contribution in [3.05, 3.63) is 25.3 Å². The molecule has 0 bridgehead atoms. The number of carbonyl (C=O) groups excluding carboxylic acids is 2. The van der Waals surface area contributed by atoms with Gasteiger partial charge in [0.2, 0.25) is 6.35 Å². The second kappa shape index (κ2) is 7.42. The molecule has 1 N–H and O–H groups in total. The first kappa shape index (κ1) is 16.5. The van der Waals surface area contributed by atoms with Gasteiger partial charge in [-0.05, 0) is 19.3 Å². The zero-order valence-corrected chi connectivity index (χ0v) is 12.7. The summed E-state index contributed by atoms with van der Waals surface area (Å²) >= 11 is 0. The van der Waals surface area contributed by atoms with Crippen LogP contribution in [0.1, 0.15) is 19.3 Å². The summed E-state index contributed by atoms with van der Waals surface area (Å²) in [5.41, 5.74) is 0. The first-order valence-corrected chi connectivity index (χ1v) is 7.50. The average molecular weight is 309 g/mol. The fraction of sp³-hybridized carbons (Fsp3) is 0.600. The highest BCUT2D eigenvalue weighted by Crippen LogP contribution is 2.22. The Kier molecular flexibility index (Phi) is 5.57. The second-order valence-electron chi connectivity index (χ2n) is 5.35. The van der Waals surface area contributed by atoms with Crippen molar-refractivity contribution in [2.75, 3.05) is 26.2 Å². The van der Waals surface area contributed by atoms with Crippen LogP contribution < -0.4 is 0 Å². The average Bonchev–Trinajstić information content (AvgIpc) is 3.31. The summed E-state index contributed by atoms with van der Waals surface area (Å²) in [4.78, 5) is 28.6. The van der Waals surface area contributed by atoms with E-state index < -0.39 is 18.4 Å². The molecule has 2 aliphatic rings. The normalized spacial score (nSPS) is 24.7. The molecule has 2 unspecified atom stereocenters. The lowest BCUT2D eigenvalue weighted by atomic mass is 10.3. The maximum absolute atomic E-state index is 12.5.